The molecule has 0 radical (unpaired) electrons. The number of rotatable bonds is 7. The van der Waals surface area contributed by atoms with Crippen molar-refractivity contribution in [2.75, 3.05) is 6.54 Å². The maximum absolute atomic E-state index is 11.6. The lowest BCUT2D eigenvalue weighted by atomic mass is 10.1. The van der Waals surface area contributed by atoms with Crippen LogP contribution in [0.4, 0.5) is 0 Å². The Morgan fingerprint density at radius 1 is 1.61 bits per heavy atom. The molecule has 2 atom stereocenters. The smallest absolute Gasteiger partial charge is 0.326 e. The summed E-state index contributed by atoms with van der Waals surface area (Å²) in [7, 11) is 0. The average molecular weight is 254 g/mol. The number of H-pyrrole nitrogens is 1. The van der Waals surface area contributed by atoms with Crippen LogP contribution in [-0.2, 0) is 16.0 Å². The highest BCUT2D eigenvalue weighted by Crippen LogP contribution is 2.02. The SMILES string of the molecule is CC(CN)CC(=O)N[C@H](Cc1cnc[nH]1)C(=O)O. The van der Waals surface area contributed by atoms with Crippen LogP contribution in [0.5, 0.6) is 0 Å². The second-order valence-corrected chi connectivity index (χ2v) is 4.28. The maximum atomic E-state index is 11.6. The molecule has 1 unspecified atom stereocenters. The molecule has 0 aromatic carbocycles. The molecule has 0 aliphatic heterocycles. The number of imidazole rings is 1. The fourth-order valence-corrected chi connectivity index (χ4v) is 1.47. The third kappa shape index (κ3) is 4.54. The Hall–Kier alpha value is -1.89. The molecule has 18 heavy (non-hydrogen) atoms. The zero-order chi connectivity index (χ0) is 13.5. The van der Waals surface area contributed by atoms with Crippen LogP contribution < -0.4 is 11.1 Å². The number of amides is 1. The van der Waals surface area contributed by atoms with E-state index in [1.807, 2.05) is 6.92 Å². The van der Waals surface area contributed by atoms with Gasteiger partial charge in [0, 0.05) is 24.7 Å². The Labute approximate surface area is 105 Å². The fourth-order valence-electron chi connectivity index (χ4n) is 1.47. The number of carbonyl (C=O) groups is 2. The number of aromatic amines is 1. The molecule has 0 bridgehead atoms. The molecule has 1 aromatic heterocycles. The Morgan fingerprint density at radius 2 is 2.33 bits per heavy atom. The summed E-state index contributed by atoms with van der Waals surface area (Å²) in [5.74, 6) is -1.34. The van der Waals surface area contributed by atoms with Crippen LogP contribution >= 0.6 is 0 Å². The van der Waals surface area contributed by atoms with Gasteiger partial charge in [0.1, 0.15) is 6.04 Å². The second kappa shape index (κ2) is 6.75. The molecule has 5 N–H and O–H groups in total. The number of nitrogens with one attached hydrogen (secondary N) is 2. The molecular weight excluding hydrogens is 236 g/mol. The molecule has 0 spiro atoms. The van der Waals surface area contributed by atoms with Gasteiger partial charge in [-0.3, -0.25) is 4.79 Å². The predicted molar refractivity (Wildman–Crippen MR) is 64.7 cm³/mol. The molecule has 0 fully saturated rings. The summed E-state index contributed by atoms with van der Waals surface area (Å²) in [4.78, 5) is 29.2. The largest absolute Gasteiger partial charge is 0.480 e. The molecule has 7 nitrogen and oxygen atoms in total. The van der Waals surface area contributed by atoms with Gasteiger partial charge < -0.3 is 21.1 Å². The number of nitrogens with two attached hydrogens (primary N) is 1. The van der Waals surface area contributed by atoms with Gasteiger partial charge >= 0.3 is 5.97 Å². The molecular formula is C11H18N4O3. The minimum absolute atomic E-state index is 0.0339. The Bertz CT molecular complexity index is 391. The number of carboxylic acid groups (broad SMARTS) is 1. The van der Waals surface area contributed by atoms with Gasteiger partial charge in [0.25, 0.3) is 0 Å². The lowest BCUT2D eigenvalue weighted by molar-refractivity contribution is -0.141. The Kier molecular flexibility index (Phi) is 5.31. The highest BCUT2D eigenvalue weighted by atomic mass is 16.4. The first kappa shape index (κ1) is 14.2. The molecule has 1 amide bonds. The molecule has 1 aromatic rings. The summed E-state index contributed by atoms with van der Waals surface area (Å²) in [6.45, 7) is 2.23. The van der Waals surface area contributed by atoms with Gasteiger partial charge in [-0.2, -0.15) is 0 Å². The number of carboxylic acids is 1. The van der Waals surface area contributed by atoms with Gasteiger partial charge in [-0.25, -0.2) is 9.78 Å². The first-order chi connectivity index (χ1) is 8.52. The van der Waals surface area contributed by atoms with Crippen LogP contribution in [0.1, 0.15) is 19.0 Å². The lowest BCUT2D eigenvalue weighted by Gasteiger charge is -2.15. The van der Waals surface area contributed by atoms with E-state index in [-0.39, 0.29) is 24.7 Å². The first-order valence-corrected chi connectivity index (χ1v) is 5.72. The summed E-state index contributed by atoms with van der Waals surface area (Å²) >= 11 is 0. The molecule has 100 valence electrons. The number of nitrogens with zero attached hydrogens (tertiary/aromatic N) is 1. The number of aliphatic carboxylic acids is 1. The number of carbonyl (C=O) groups excluding carboxylic acids is 1. The van der Waals surface area contributed by atoms with Gasteiger partial charge in [0.05, 0.1) is 6.33 Å². The van der Waals surface area contributed by atoms with Crippen LogP contribution in [0.15, 0.2) is 12.5 Å². The van der Waals surface area contributed by atoms with Crippen LogP contribution in [0.2, 0.25) is 0 Å². The van der Waals surface area contributed by atoms with E-state index in [1.165, 1.54) is 12.5 Å². The molecule has 0 aliphatic rings. The van der Waals surface area contributed by atoms with Crippen molar-refractivity contribution in [2.45, 2.75) is 25.8 Å². The van der Waals surface area contributed by atoms with Crippen LogP contribution in [-0.4, -0.2) is 39.5 Å². The average Bonchev–Trinajstić information content (AvgIpc) is 2.80. The van der Waals surface area contributed by atoms with Crippen molar-refractivity contribution >= 4 is 11.9 Å². The van der Waals surface area contributed by atoms with E-state index in [9.17, 15) is 9.59 Å². The standard InChI is InChI=1S/C11H18N4O3/c1-7(4-12)2-10(16)15-9(11(17)18)3-8-5-13-6-14-8/h5-7,9H,2-4,12H2,1H3,(H,13,14)(H,15,16)(H,17,18)/t7?,9-/m1/s1. The van der Waals surface area contributed by atoms with E-state index in [2.05, 4.69) is 15.3 Å². The van der Waals surface area contributed by atoms with Crippen molar-refractivity contribution in [1.29, 1.82) is 0 Å². The minimum atomic E-state index is -1.07. The minimum Gasteiger partial charge on any atom is -0.480 e. The first-order valence-electron chi connectivity index (χ1n) is 5.72. The molecule has 7 heteroatoms. The summed E-state index contributed by atoms with van der Waals surface area (Å²) in [6.07, 6.45) is 3.40. The zero-order valence-corrected chi connectivity index (χ0v) is 10.2. The van der Waals surface area contributed by atoms with E-state index in [4.69, 9.17) is 10.8 Å². The fraction of sp³-hybridized carbons (Fsp3) is 0.545. The second-order valence-electron chi connectivity index (χ2n) is 4.28. The number of hydrogen-bond donors (Lipinski definition) is 4. The molecule has 0 aliphatic carbocycles. The quantitative estimate of drug-likeness (QED) is 0.523. The van der Waals surface area contributed by atoms with Crippen LogP contribution in [0, 0.1) is 5.92 Å². The van der Waals surface area contributed by atoms with Crippen molar-refractivity contribution in [3.05, 3.63) is 18.2 Å². The topological polar surface area (TPSA) is 121 Å². The van der Waals surface area contributed by atoms with Crippen molar-refractivity contribution in [1.82, 2.24) is 15.3 Å². The van der Waals surface area contributed by atoms with Gasteiger partial charge in [-0.1, -0.05) is 6.92 Å². The van der Waals surface area contributed by atoms with Crippen molar-refractivity contribution in [3.63, 3.8) is 0 Å². The van der Waals surface area contributed by atoms with E-state index < -0.39 is 12.0 Å². The summed E-state index contributed by atoms with van der Waals surface area (Å²) in [6, 6.07) is -0.956. The van der Waals surface area contributed by atoms with E-state index in [1.54, 1.807) is 0 Å². The maximum Gasteiger partial charge on any atom is 0.326 e. The number of aromatic nitrogens is 2. The predicted octanol–water partition coefficient (Wildman–Crippen LogP) is -0.493. The molecule has 0 saturated heterocycles. The third-order valence-electron chi connectivity index (χ3n) is 2.55. The van der Waals surface area contributed by atoms with E-state index in [0.717, 1.165) is 0 Å². The van der Waals surface area contributed by atoms with Crippen molar-refractivity contribution in [2.24, 2.45) is 11.7 Å². The van der Waals surface area contributed by atoms with Crippen LogP contribution in [0.3, 0.4) is 0 Å². The lowest BCUT2D eigenvalue weighted by Crippen LogP contribution is -2.43. The number of hydrogen-bond acceptors (Lipinski definition) is 4. The molecule has 1 rings (SSSR count). The summed E-state index contributed by atoms with van der Waals surface area (Å²) in [5.41, 5.74) is 6.07. The zero-order valence-electron chi connectivity index (χ0n) is 10.2. The van der Waals surface area contributed by atoms with Gasteiger partial charge in [0.15, 0.2) is 0 Å². The molecule has 1 heterocycles. The summed E-state index contributed by atoms with van der Waals surface area (Å²) in [5, 5.41) is 11.5. The molecule has 0 saturated carbocycles. The van der Waals surface area contributed by atoms with Crippen molar-refractivity contribution in [3.8, 4) is 0 Å². The van der Waals surface area contributed by atoms with Crippen molar-refractivity contribution < 1.29 is 14.7 Å². The van der Waals surface area contributed by atoms with Gasteiger partial charge in [0.2, 0.25) is 5.91 Å². The Balaban J connectivity index is 2.53. The third-order valence-corrected chi connectivity index (χ3v) is 2.55. The normalized spacial score (nSPS) is 13.9. The highest BCUT2D eigenvalue weighted by Gasteiger charge is 2.21. The van der Waals surface area contributed by atoms with Crippen LogP contribution in [0.25, 0.3) is 0 Å². The van der Waals surface area contributed by atoms with E-state index in [0.29, 0.717) is 12.2 Å². The van der Waals surface area contributed by atoms with Gasteiger partial charge in [-0.15, -0.1) is 0 Å². The van der Waals surface area contributed by atoms with E-state index >= 15 is 0 Å². The van der Waals surface area contributed by atoms with Gasteiger partial charge in [-0.05, 0) is 12.5 Å². The highest BCUT2D eigenvalue weighted by molar-refractivity contribution is 5.83. The Morgan fingerprint density at radius 3 is 2.83 bits per heavy atom. The summed E-state index contributed by atoms with van der Waals surface area (Å²) < 4.78 is 0. The monoisotopic (exact) mass is 254 g/mol.